The summed E-state index contributed by atoms with van der Waals surface area (Å²) in [4.78, 5) is 9.16. The zero-order valence-electron chi connectivity index (χ0n) is 18.4. The van der Waals surface area contributed by atoms with Gasteiger partial charge in [-0.25, -0.2) is 9.67 Å². The lowest BCUT2D eigenvalue weighted by molar-refractivity contribution is 0.145. The van der Waals surface area contributed by atoms with Crippen LogP contribution in [0.4, 0.5) is 0 Å². The van der Waals surface area contributed by atoms with Gasteiger partial charge in [-0.2, -0.15) is 5.10 Å². The first-order valence-corrected chi connectivity index (χ1v) is 11.0. The smallest absolute Gasteiger partial charge is 0.215 e. The maximum atomic E-state index is 6.02. The van der Waals surface area contributed by atoms with Crippen LogP contribution in [0, 0.1) is 12.8 Å². The Balaban J connectivity index is 1.66. The zero-order chi connectivity index (χ0) is 21.6. The van der Waals surface area contributed by atoms with Crippen molar-refractivity contribution in [3.8, 4) is 17.1 Å². The van der Waals surface area contributed by atoms with Crippen LogP contribution < -0.4 is 15.8 Å². The molecule has 0 atom stereocenters. The van der Waals surface area contributed by atoms with Crippen LogP contribution in [-0.4, -0.2) is 60.9 Å². The first kappa shape index (κ1) is 21.5. The predicted molar refractivity (Wildman–Crippen MR) is 122 cm³/mol. The van der Waals surface area contributed by atoms with Crippen molar-refractivity contribution in [3.05, 3.63) is 35.3 Å². The Kier molecular flexibility index (Phi) is 6.99. The fourth-order valence-corrected chi connectivity index (χ4v) is 4.33. The third-order valence-electron chi connectivity index (χ3n) is 6.03. The molecule has 0 bridgehead atoms. The van der Waals surface area contributed by atoms with Crippen LogP contribution in [0.25, 0.3) is 17.0 Å². The number of piperidine rings is 1. The van der Waals surface area contributed by atoms with Crippen molar-refractivity contribution in [2.75, 3.05) is 40.0 Å². The molecule has 0 radical (unpaired) electrons. The second-order valence-electron chi connectivity index (χ2n) is 8.13. The third-order valence-corrected chi connectivity index (χ3v) is 6.03. The van der Waals surface area contributed by atoms with Gasteiger partial charge in [0.15, 0.2) is 0 Å². The van der Waals surface area contributed by atoms with Gasteiger partial charge in [0.05, 0.1) is 37.4 Å². The molecule has 0 saturated carbocycles. The van der Waals surface area contributed by atoms with Crippen molar-refractivity contribution in [1.82, 2.24) is 20.1 Å². The summed E-state index contributed by atoms with van der Waals surface area (Å²) in [5.41, 5.74) is 12.0. The second kappa shape index (κ2) is 10.1. The molecule has 4 heterocycles. The summed E-state index contributed by atoms with van der Waals surface area (Å²) >= 11 is 0. The van der Waals surface area contributed by atoms with E-state index in [0.29, 0.717) is 25.0 Å². The zero-order valence-corrected chi connectivity index (χ0v) is 18.4. The molecule has 1 fully saturated rings. The molecule has 3 N–H and O–H groups in total. The largest absolute Gasteiger partial charge is 0.481 e. The Hall–Kier alpha value is -2.71. The van der Waals surface area contributed by atoms with Crippen LogP contribution >= 0.6 is 0 Å². The summed E-state index contributed by atoms with van der Waals surface area (Å²) in [7, 11) is 1.63. The molecule has 0 spiro atoms. The lowest BCUT2D eigenvalue weighted by Crippen LogP contribution is -2.29. The molecule has 0 amide bonds. The highest BCUT2D eigenvalue weighted by atomic mass is 16.5. The lowest BCUT2D eigenvalue weighted by atomic mass is 9.99. The first-order valence-electron chi connectivity index (χ1n) is 11.0. The fourth-order valence-electron chi connectivity index (χ4n) is 4.33. The fraction of sp³-hybridized carbons (Fsp3) is 0.522. The highest BCUT2D eigenvalue weighted by molar-refractivity contribution is 6.02. The molecule has 2 aromatic heterocycles. The number of aromatic nitrogens is 3. The van der Waals surface area contributed by atoms with Gasteiger partial charge in [-0.15, -0.1) is 0 Å². The average Bonchev–Trinajstić information content (AvgIpc) is 2.98. The minimum Gasteiger partial charge on any atom is -0.481 e. The quantitative estimate of drug-likeness (QED) is 0.690. The number of rotatable bonds is 6. The number of aliphatic imine (C=N–C) groups is 1. The van der Waals surface area contributed by atoms with E-state index >= 15 is 0 Å². The van der Waals surface area contributed by atoms with Crippen LogP contribution in [0.15, 0.2) is 23.5 Å². The third kappa shape index (κ3) is 4.80. The highest BCUT2D eigenvalue weighted by Crippen LogP contribution is 2.31. The first-order chi connectivity index (χ1) is 15.2. The van der Waals surface area contributed by atoms with E-state index in [1.807, 2.05) is 24.0 Å². The Bertz CT molecular complexity index is 959. The maximum absolute atomic E-state index is 6.02. The summed E-state index contributed by atoms with van der Waals surface area (Å²) in [6.45, 7) is 6.31. The van der Waals surface area contributed by atoms with Gasteiger partial charge in [-0.3, -0.25) is 4.99 Å². The summed E-state index contributed by atoms with van der Waals surface area (Å²) in [6.07, 6.45) is 9.20. The number of fused-ring (bicyclic) bond motifs is 1. The monoisotopic (exact) mass is 424 g/mol. The number of pyridine rings is 1. The van der Waals surface area contributed by atoms with Gasteiger partial charge in [-0.05, 0) is 51.3 Å². The van der Waals surface area contributed by atoms with Crippen LogP contribution in [0.3, 0.4) is 0 Å². The summed E-state index contributed by atoms with van der Waals surface area (Å²) in [5, 5.41) is 8.37. The molecular formula is C23H32N6O2. The number of aryl methyl sites for hydroxylation is 1. The van der Waals surface area contributed by atoms with Gasteiger partial charge >= 0.3 is 0 Å². The van der Waals surface area contributed by atoms with Crippen LogP contribution in [-0.2, 0) is 17.6 Å². The Morgan fingerprint density at radius 1 is 1.35 bits per heavy atom. The number of nitrogens with zero attached hydrogens (tertiary/aromatic N) is 4. The Labute approximate surface area is 183 Å². The standard InChI is InChI=1S/C23H32N6O2/c1-16-11-18(14-27-23(16)30-2)22-20-5-9-31-10-6-21(20)29(28-22)19(12-24)15-26-13-17-3-7-25-8-4-17/h11-12,14-15,17,25H,3-10,13,24H2,1-2H3. The molecule has 0 aromatic carbocycles. The molecule has 2 aliphatic rings. The molecule has 4 rings (SSSR count). The van der Waals surface area contributed by atoms with Crippen molar-refractivity contribution < 1.29 is 9.47 Å². The molecule has 2 aromatic rings. The van der Waals surface area contributed by atoms with Gasteiger partial charge in [0.25, 0.3) is 0 Å². The van der Waals surface area contributed by atoms with Gasteiger partial charge in [0.1, 0.15) is 0 Å². The number of methoxy groups -OCH3 is 1. The Morgan fingerprint density at radius 2 is 2.16 bits per heavy atom. The number of hydrogen-bond donors (Lipinski definition) is 2. The Morgan fingerprint density at radius 3 is 2.90 bits per heavy atom. The summed E-state index contributed by atoms with van der Waals surface area (Å²) in [6, 6.07) is 2.07. The summed E-state index contributed by atoms with van der Waals surface area (Å²) < 4.78 is 13.0. The topological polar surface area (TPSA) is 99.6 Å². The molecule has 2 aliphatic heterocycles. The molecule has 1 saturated heterocycles. The van der Waals surface area contributed by atoms with Crippen LogP contribution in [0.2, 0.25) is 0 Å². The molecule has 31 heavy (non-hydrogen) atoms. The van der Waals surface area contributed by atoms with Crippen molar-refractivity contribution in [2.45, 2.75) is 32.6 Å². The number of nitrogens with one attached hydrogen (secondary N) is 1. The number of allylic oxidation sites excluding steroid dienone is 1. The number of hydrogen-bond acceptors (Lipinski definition) is 7. The minimum atomic E-state index is 0.628. The van der Waals surface area contributed by atoms with Gasteiger partial charge in [-0.1, -0.05) is 0 Å². The second-order valence-corrected chi connectivity index (χ2v) is 8.13. The van der Waals surface area contributed by atoms with Crippen molar-refractivity contribution >= 4 is 11.9 Å². The molecular weight excluding hydrogens is 392 g/mol. The minimum absolute atomic E-state index is 0.628. The van der Waals surface area contributed by atoms with E-state index in [1.54, 1.807) is 13.3 Å². The van der Waals surface area contributed by atoms with Crippen LogP contribution in [0.5, 0.6) is 5.88 Å². The molecule has 166 valence electrons. The van der Waals surface area contributed by atoms with E-state index in [0.717, 1.165) is 60.7 Å². The van der Waals surface area contributed by atoms with Crippen molar-refractivity contribution in [1.29, 1.82) is 0 Å². The van der Waals surface area contributed by atoms with E-state index in [1.165, 1.54) is 18.4 Å². The van der Waals surface area contributed by atoms with E-state index in [4.69, 9.17) is 25.3 Å². The number of nitrogens with two attached hydrogens (primary N) is 1. The van der Waals surface area contributed by atoms with E-state index < -0.39 is 0 Å². The molecule has 8 heteroatoms. The normalized spacial score (nSPS) is 18.2. The number of ether oxygens (including phenoxy) is 2. The molecule has 0 unspecified atom stereocenters. The van der Waals surface area contributed by atoms with E-state index in [9.17, 15) is 0 Å². The van der Waals surface area contributed by atoms with Gasteiger partial charge < -0.3 is 20.5 Å². The molecule has 8 nitrogen and oxygen atoms in total. The molecule has 0 aliphatic carbocycles. The van der Waals surface area contributed by atoms with Gasteiger partial charge in [0.2, 0.25) is 5.88 Å². The lowest BCUT2D eigenvalue weighted by Gasteiger charge is -2.20. The van der Waals surface area contributed by atoms with Crippen molar-refractivity contribution in [3.63, 3.8) is 0 Å². The predicted octanol–water partition coefficient (Wildman–Crippen LogP) is 2.20. The van der Waals surface area contributed by atoms with E-state index in [-0.39, 0.29) is 0 Å². The average molecular weight is 425 g/mol. The highest BCUT2D eigenvalue weighted by Gasteiger charge is 2.23. The summed E-state index contributed by atoms with van der Waals surface area (Å²) in [5.74, 6) is 1.26. The van der Waals surface area contributed by atoms with Gasteiger partial charge in [0, 0.05) is 48.3 Å². The maximum Gasteiger partial charge on any atom is 0.215 e. The SMILES string of the molecule is COc1ncc(-c2nn(C(C=NCC3CCNCC3)=CN)c3c2CCOCC3)cc1C. The van der Waals surface area contributed by atoms with Crippen LogP contribution in [0.1, 0.15) is 29.7 Å². The van der Waals surface area contributed by atoms with E-state index in [2.05, 4.69) is 16.4 Å². The van der Waals surface area contributed by atoms with Crippen molar-refractivity contribution in [2.24, 2.45) is 16.6 Å².